The average molecular weight is 383 g/mol. The molecule has 1 aromatic carbocycles. The highest BCUT2D eigenvalue weighted by molar-refractivity contribution is 5.74. The summed E-state index contributed by atoms with van der Waals surface area (Å²) in [6, 6.07) is 10.7. The third kappa shape index (κ3) is 3.76. The first-order valence-corrected chi connectivity index (χ1v) is 10.1. The number of carbonyl (C=O) groups excluding carboxylic acids is 1. The summed E-state index contributed by atoms with van der Waals surface area (Å²) >= 11 is 0. The van der Waals surface area contributed by atoms with Crippen molar-refractivity contribution in [3.63, 3.8) is 0 Å². The minimum absolute atomic E-state index is 0.0991. The molecule has 2 amide bonds. The number of rotatable bonds is 5. The number of benzene rings is 1. The third-order valence-electron chi connectivity index (χ3n) is 5.90. The summed E-state index contributed by atoms with van der Waals surface area (Å²) in [6.45, 7) is 8.55. The van der Waals surface area contributed by atoms with Crippen molar-refractivity contribution in [2.45, 2.75) is 57.7 Å². The molecule has 1 aliphatic heterocycles. The van der Waals surface area contributed by atoms with Gasteiger partial charge < -0.3 is 15.2 Å². The maximum Gasteiger partial charge on any atom is 0.315 e. The lowest BCUT2D eigenvalue weighted by atomic mass is 9.80. The number of aromatic nitrogens is 2. The Morgan fingerprint density at radius 1 is 1.36 bits per heavy atom. The van der Waals surface area contributed by atoms with Crippen LogP contribution in [0.5, 0.6) is 0 Å². The zero-order valence-electron chi connectivity index (χ0n) is 16.8. The number of urea groups is 1. The van der Waals surface area contributed by atoms with E-state index in [-0.39, 0.29) is 23.5 Å². The van der Waals surface area contributed by atoms with Crippen molar-refractivity contribution in [2.75, 3.05) is 13.1 Å². The van der Waals surface area contributed by atoms with E-state index < -0.39 is 0 Å². The van der Waals surface area contributed by atoms with E-state index in [2.05, 4.69) is 49.9 Å². The predicted molar refractivity (Wildman–Crippen MR) is 106 cm³/mol. The van der Waals surface area contributed by atoms with Gasteiger partial charge in [-0.15, -0.1) is 0 Å². The molecule has 1 saturated heterocycles. The molecule has 2 aromatic rings. The van der Waals surface area contributed by atoms with Crippen LogP contribution in [0, 0.1) is 12.8 Å². The Morgan fingerprint density at radius 2 is 2.14 bits per heavy atom. The second kappa shape index (κ2) is 7.54. The van der Waals surface area contributed by atoms with Gasteiger partial charge >= 0.3 is 6.03 Å². The van der Waals surface area contributed by atoms with Crippen molar-refractivity contribution in [1.29, 1.82) is 0 Å². The first-order chi connectivity index (χ1) is 13.4. The lowest BCUT2D eigenvalue weighted by molar-refractivity contribution is 0.226. The Hall–Kier alpha value is -2.41. The highest BCUT2D eigenvalue weighted by Crippen LogP contribution is 2.50. The minimum atomic E-state index is -0.189. The summed E-state index contributed by atoms with van der Waals surface area (Å²) in [6.07, 6.45) is 1.76. The Bertz CT molecular complexity index is 821. The van der Waals surface area contributed by atoms with Gasteiger partial charge in [0.1, 0.15) is 0 Å². The van der Waals surface area contributed by atoms with Crippen LogP contribution < -0.4 is 10.6 Å². The molecule has 2 aliphatic rings. The first kappa shape index (κ1) is 18.9. The van der Waals surface area contributed by atoms with E-state index in [0.717, 1.165) is 38.4 Å². The molecule has 2 fully saturated rings. The highest BCUT2D eigenvalue weighted by atomic mass is 16.5. The molecule has 0 unspecified atom stereocenters. The zero-order valence-corrected chi connectivity index (χ0v) is 16.8. The van der Waals surface area contributed by atoms with Gasteiger partial charge in [-0.25, -0.2) is 4.79 Å². The largest absolute Gasteiger partial charge is 0.339 e. The number of nitrogens with one attached hydrogen (secondary N) is 2. The van der Waals surface area contributed by atoms with Crippen LogP contribution in [0.25, 0.3) is 0 Å². The van der Waals surface area contributed by atoms with Gasteiger partial charge in [-0.3, -0.25) is 4.90 Å². The Balaban J connectivity index is 1.51. The van der Waals surface area contributed by atoms with Crippen molar-refractivity contribution in [1.82, 2.24) is 25.7 Å². The smallest absolute Gasteiger partial charge is 0.315 e. The molecule has 7 nitrogen and oxygen atoms in total. The lowest BCUT2D eigenvalue weighted by Crippen LogP contribution is -2.45. The van der Waals surface area contributed by atoms with E-state index in [1.165, 1.54) is 5.56 Å². The Morgan fingerprint density at radius 3 is 2.82 bits per heavy atom. The topological polar surface area (TPSA) is 83.3 Å². The van der Waals surface area contributed by atoms with Gasteiger partial charge in [0.15, 0.2) is 5.82 Å². The molecule has 3 atom stereocenters. The molecule has 0 radical (unpaired) electrons. The van der Waals surface area contributed by atoms with E-state index in [4.69, 9.17) is 4.52 Å². The van der Waals surface area contributed by atoms with Gasteiger partial charge in [0.05, 0.1) is 5.41 Å². The molecule has 0 spiro atoms. The van der Waals surface area contributed by atoms with Gasteiger partial charge in [-0.2, -0.15) is 4.98 Å². The van der Waals surface area contributed by atoms with Crippen molar-refractivity contribution in [3.05, 3.63) is 47.6 Å². The van der Waals surface area contributed by atoms with Crippen LogP contribution in [-0.4, -0.2) is 46.2 Å². The van der Waals surface area contributed by atoms with Crippen molar-refractivity contribution < 1.29 is 9.32 Å². The van der Waals surface area contributed by atoms with Gasteiger partial charge in [-0.05, 0) is 45.1 Å². The number of carbonyl (C=O) groups is 1. The summed E-state index contributed by atoms with van der Waals surface area (Å²) in [5.74, 6) is 1.78. The molecular formula is C21H29N5O2. The Labute approximate surface area is 165 Å². The molecule has 1 aliphatic carbocycles. The zero-order chi connectivity index (χ0) is 19.7. The van der Waals surface area contributed by atoms with Crippen LogP contribution in [-0.2, 0) is 12.0 Å². The fourth-order valence-electron chi connectivity index (χ4n) is 4.87. The Kier molecular flexibility index (Phi) is 5.10. The van der Waals surface area contributed by atoms with E-state index in [9.17, 15) is 4.79 Å². The number of amides is 2. The summed E-state index contributed by atoms with van der Waals surface area (Å²) in [5, 5.41) is 10.1. The fourth-order valence-corrected chi connectivity index (χ4v) is 4.87. The van der Waals surface area contributed by atoms with E-state index in [0.29, 0.717) is 11.7 Å². The number of hydrogen-bond donors (Lipinski definition) is 2. The molecule has 1 saturated carbocycles. The van der Waals surface area contributed by atoms with E-state index >= 15 is 0 Å². The van der Waals surface area contributed by atoms with Gasteiger partial charge in [0.25, 0.3) is 0 Å². The second-order valence-corrected chi connectivity index (χ2v) is 8.56. The molecule has 2 N–H and O–H groups in total. The number of likely N-dealkylation sites (tertiary alicyclic amines) is 1. The normalized spacial score (nSPS) is 27.1. The summed E-state index contributed by atoms with van der Waals surface area (Å²) in [7, 11) is 0. The molecular weight excluding hydrogens is 354 g/mol. The number of aryl methyl sites for hydroxylation is 1. The van der Waals surface area contributed by atoms with Crippen molar-refractivity contribution >= 4 is 6.03 Å². The molecule has 4 rings (SSSR count). The number of hydrogen-bond acceptors (Lipinski definition) is 5. The predicted octanol–water partition coefficient (Wildman–Crippen LogP) is 2.62. The van der Waals surface area contributed by atoms with Crippen LogP contribution in [0.1, 0.15) is 44.0 Å². The van der Waals surface area contributed by atoms with E-state index in [1.807, 2.05) is 26.8 Å². The number of nitrogens with zero attached hydrogens (tertiary/aromatic N) is 3. The highest BCUT2D eigenvalue weighted by Gasteiger charge is 2.57. The van der Waals surface area contributed by atoms with Gasteiger partial charge in [0, 0.05) is 31.7 Å². The van der Waals surface area contributed by atoms with Crippen molar-refractivity contribution in [2.24, 2.45) is 5.92 Å². The molecule has 2 heterocycles. The van der Waals surface area contributed by atoms with Crippen LogP contribution in [0.4, 0.5) is 4.79 Å². The molecule has 0 bridgehead atoms. The van der Waals surface area contributed by atoms with Crippen molar-refractivity contribution in [3.8, 4) is 0 Å². The fraction of sp³-hybridized carbons (Fsp3) is 0.571. The minimum Gasteiger partial charge on any atom is -0.339 e. The van der Waals surface area contributed by atoms with Gasteiger partial charge in [0.2, 0.25) is 5.89 Å². The van der Waals surface area contributed by atoms with Gasteiger partial charge in [-0.1, -0.05) is 35.5 Å². The average Bonchev–Trinajstić information content (AvgIpc) is 3.28. The van der Waals surface area contributed by atoms with Crippen LogP contribution in [0.2, 0.25) is 0 Å². The first-order valence-electron chi connectivity index (χ1n) is 10.1. The van der Waals surface area contributed by atoms with Crippen LogP contribution in [0.15, 0.2) is 34.9 Å². The standard InChI is InChI=1S/C21H29N5O2/c1-14(2)22-20(27)24-18-9-17-12-26(11-16-7-5-4-6-8-16)13-21(17,10-18)19-23-15(3)25-28-19/h4-8,14,17-18H,9-13H2,1-3H3,(H2,22,24,27)/t17-,18+,21-/m0/s1. The maximum absolute atomic E-state index is 12.2. The molecule has 1 aromatic heterocycles. The number of fused-ring (bicyclic) bond motifs is 1. The monoisotopic (exact) mass is 383 g/mol. The summed E-state index contributed by atoms with van der Waals surface area (Å²) < 4.78 is 5.65. The maximum atomic E-state index is 12.2. The van der Waals surface area contributed by atoms with E-state index in [1.54, 1.807) is 0 Å². The summed E-state index contributed by atoms with van der Waals surface area (Å²) in [5.41, 5.74) is 1.12. The quantitative estimate of drug-likeness (QED) is 0.829. The molecule has 7 heteroatoms. The third-order valence-corrected chi connectivity index (χ3v) is 5.90. The summed E-state index contributed by atoms with van der Waals surface area (Å²) in [4.78, 5) is 19.3. The second-order valence-electron chi connectivity index (χ2n) is 8.56. The SMILES string of the molecule is Cc1noc([C@]23C[C@H](NC(=O)NC(C)C)C[C@H]2CN(Cc2ccccc2)C3)n1. The lowest BCUT2D eigenvalue weighted by Gasteiger charge is -2.25. The molecule has 150 valence electrons. The molecule has 28 heavy (non-hydrogen) atoms. The van der Waals surface area contributed by atoms with Crippen LogP contribution >= 0.6 is 0 Å². The van der Waals surface area contributed by atoms with Crippen LogP contribution in [0.3, 0.4) is 0 Å².